The van der Waals surface area contributed by atoms with E-state index in [0.717, 1.165) is 15.9 Å². The molecule has 1 N–H and O–H groups in total. The number of aromatic amines is 1. The van der Waals surface area contributed by atoms with E-state index in [2.05, 4.69) is 11.6 Å². The van der Waals surface area contributed by atoms with E-state index in [1.54, 1.807) is 0 Å². The fourth-order valence-corrected chi connectivity index (χ4v) is 0.975. The van der Waals surface area contributed by atoms with Crippen molar-refractivity contribution in [2.24, 2.45) is 0 Å². The molecule has 0 bridgehead atoms. The van der Waals surface area contributed by atoms with Crippen LogP contribution < -0.4 is 0 Å². The molecule has 0 radical (unpaired) electrons. The molecule has 0 saturated heterocycles. The Labute approximate surface area is 77.5 Å². The van der Waals surface area contributed by atoms with Gasteiger partial charge in [0.05, 0.1) is 0 Å². The van der Waals surface area contributed by atoms with Crippen LogP contribution in [0.1, 0.15) is 5.56 Å². The van der Waals surface area contributed by atoms with E-state index in [1.165, 1.54) is 0 Å². The zero-order valence-corrected chi connectivity index (χ0v) is 8.11. The van der Waals surface area contributed by atoms with E-state index < -0.39 is 0 Å². The second kappa shape index (κ2) is 3.54. The van der Waals surface area contributed by atoms with Gasteiger partial charge in [-0.05, 0) is 12.1 Å². The standard InChI is InChI=1S/C9H12N2S/c1-7(11(2)3)8-4-5-9(12)10-6-8/h4-6H,1H2,2-3H3,(H,10,12). The van der Waals surface area contributed by atoms with Crippen LogP contribution >= 0.6 is 12.2 Å². The maximum atomic E-state index is 4.93. The lowest BCUT2D eigenvalue weighted by Crippen LogP contribution is -2.08. The Hall–Kier alpha value is -1.09. The van der Waals surface area contributed by atoms with Gasteiger partial charge < -0.3 is 9.88 Å². The fraction of sp³-hybridized carbons (Fsp3) is 0.222. The Morgan fingerprint density at radius 1 is 1.50 bits per heavy atom. The van der Waals surface area contributed by atoms with E-state index in [0.29, 0.717) is 0 Å². The van der Waals surface area contributed by atoms with Crippen LogP contribution in [0.3, 0.4) is 0 Å². The van der Waals surface area contributed by atoms with Crippen LogP contribution in [0.5, 0.6) is 0 Å². The van der Waals surface area contributed by atoms with Crippen LogP contribution in [0.25, 0.3) is 5.70 Å². The average Bonchev–Trinajstić information content (AvgIpc) is 2.04. The summed E-state index contributed by atoms with van der Waals surface area (Å²) < 4.78 is 0.741. The predicted octanol–water partition coefficient (Wildman–Crippen LogP) is 2.28. The fourth-order valence-electron chi connectivity index (χ4n) is 0.848. The summed E-state index contributed by atoms with van der Waals surface area (Å²) in [5, 5.41) is 0. The average molecular weight is 180 g/mol. The molecule has 1 aromatic rings. The van der Waals surface area contributed by atoms with Gasteiger partial charge in [0.1, 0.15) is 4.64 Å². The lowest BCUT2D eigenvalue weighted by molar-refractivity contribution is 0.593. The summed E-state index contributed by atoms with van der Waals surface area (Å²) in [6.07, 6.45) is 1.87. The lowest BCUT2D eigenvalue weighted by atomic mass is 10.2. The Balaban J connectivity index is 2.98. The Kier molecular flexibility index (Phi) is 2.65. The first-order chi connectivity index (χ1) is 5.61. The molecule has 0 aliphatic heterocycles. The van der Waals surface area contributed by atoms with Crippen LogP contribution in [0.15, 0.2) is 24.9 Å². The minimum atomic E-state index is 0.741. The Morgan fingerprint density at radius 2 is 2.17 bits per heavy atom. The summed E-state index contributed by atoms with van der Waals surface area (Å²) in [7, 11) is 3.92. The van der Waals surface area contributed by atoms with Gasteiger partial charge in [-0.1, -0.05) is 18.8 Å². The second-order valence-electron chi connectivity index (χ2n) is 2.78. The number of aromatic nitrogens is 1. The van der Waals surface area contributed by atoms with Crippen LogP contribution in [-0.2, 0) is 0 Å². The third kappa shape index (κ3) is 1.95. The van der Waals surface area contributed by atoms with E-state index in [4.69, 9.17) is 12.2 Å². The van der Waals surface area contributed by atoms with Gasteiger partial charge in [0.25, 0.3) is 0 Å². The summed E-state index contributed by atoms with van der Waals surface area (Å²) in [6.45, 7) is 3.93. The van der Waals surface area contributed by atoms with Crippen molar-refractivity contribution in [1.29, 1.82) is 0 Å². The minimum absolute atomic E-state index is 0.741. The Bertz CT molecular complexity index is 318. The molecule has 0 amide bonds. The molecule has 0 aromatic carbocycles. The number of hydrogen-bond donors (Lipinski definition) is 1. The first kappa shape index (κ1) is 9.00. The van der Waals surface area contributed by atoms with E-state index in [-0.39, 0.29) is 0 Å². The van der Waals surface area contributed by atoms with E-state index in [9.17, 15) is 0 Å². The molecule has 0 aliphatic carbocycles. The third-order valence-corrected chi connectivity index (χ3v) is 1.91. The molecule has 64 valence electrons. The molecule has 0 aliphatic rings. The van der Waals surface area contributed by atoms with Crippen LogP contribution in [-0.4, -0.2) is 24.0 Å². The van der Waals surface area contributed by atoms with Gasteiger partial charge in [0.15, 0.2) is 0 Å². The molecule has 0 unspecified atom stereocenters. The summed E-state index contributed by atoms with van der Waals surface area (Å²) in [4.78, 5) is 4.93. The topological polar surface area (TPSA) is 19.0 Å². The monoisotopic (exact) mass is 180 g/mol. The zero-order valence-electron chi connectivity index (χ0n) is 7.29. The number of nitrogens with zero attached hydrogens (tertiary/aromatic N) is 1. The second-order valence-corrected chi connectivity index (χ2v) is 3.22. The Morgan fingerprint density at radius 3 is 2.58 bits per heavy atom. The van der Waals surface area contributed by atoms with Gasteiger partial charge in [-0.15, -0.1) is 0 Å². The van der Waals surface area contributed by atoms with Crippen LogP contribution in [0, 0.1) is 4.64 Å². The molecule has 0 saturated carbocycles. The maximum absolute atomic E-state index is 4.93. The highest BCUT2D eigenvalue weighted by Crippen LogP contribution is 2.11. The van der Waals surface area contributed by atoms with Gasteiger partial charge in [-0.25, -0.2) is 0 Å². The lowest BCUT2D eigenvalue weighted by Gasteiger charge is -2.15. The highest BCUT2D eigenvalue weighted by atomic mass is 32.1. The van der Waals surface area contributed by atoms with Gasteiger partial charge in [0.2, 0.25) is 0 Å². The SMILES string of the molecule is C=C(c1ccc(=S)[nH]c1)N(C)C. The van der Waals surface area contributed by atoms with Crippen LogP contribution in [0.2, 0.25) is 0 Å². The molecular weight excluding hydrogens is 168 g/mol. The molecule has 0 spiro atoms. The first-order valence-electron chi connectivity index (χ1n) is 3.66. The molecule has 3 heteroatoms. The number of pyridine rings is 1. The molecule has 0 atom stereocenters. The van der Waals surface area contributed by atoms with Crippen molar-refractivity contribution < 1.29 is 0 Å². The summed E-state index contributed by atoms with van der Waals surface area (Å²) in [6, 6.07) is 3.82. The van der Waals surface area contributed by atoms with E-state index in [1.807, 2.05) is 37.3 Å². The van der Waals surface area contributed by atoms with Crippen molar-refractivity contribution >= 4 is 17.9 Å². The predicted molar refractivity (Wildman–Crippen MR) is 54.3 cm³/mol. The van der Waals surface area contributed by atoms with Gasteiger partial charge >= 0.3 is 0 Å². The third-order valence-electron chi connectivity index (χ3n) is 1.66. The highest BCUT2D eigenvalue weighted by Gasteiger charge is 1.98. The smallest absolute Gasteiger partial charge is 0.103 e. The highest BCUT2D eigenvalue weighted by molar-refractivity contribution is 7.71. The zero-order chi connectivity index (χ0) is 9.14. The molecular formula is C9H12N2S. The van der Waals surface area contributed by atoms with Crippen molar-refractivity contribution in [2.45, 2.75) is 0 Å². The number of H-pyrrole nitrogens is 1. The molecule has 1 aromatic heterocycles. The summed E-state index contributed by atoms with van der Waals surface area (Å²) >= 11 is 4.93. The van der Waals surface area contributed by atoms with Gasteiger partial charge in [0, 0.05) is 31.6 Å². The summed E-state index contributed by atoms with van der Waals surface area (Å²) in [5.74, 6) is 0. The molecule has 1 rings (SSSR count). The summed E-state index contributed by atoms with van der Waals surface area (Å²) in [5.41, 5.74) is 2.04. The van der Waals surface area contributed by atoms with E-state index >= 15 is 0 Å². The normalized spacial score (nSPS) is 9.50. The molecule has 12 heavy (non-hydrogen) atoms. The van der Waals surface area contributed by atoms with Gasteiger partial charge in [-0.3, -0.25) is 0 Å². The maximum Gasteiger partial charge on any atom is 0.103 e. The molecule has 2 nitrogen and oxygen atoms in total. The number of nitrogens with one attached hydrogen (secondary N) is 1. The minimum Gasteiger partial charge on any atom is -0.378 e. The van der Waals surface area contributed by atoms with Crippen molar-refractivity contribution in [3.05, 3.63) is 35.1 Å². The van der Waals surface area contributed by atoms with Gasteiger partial charge in [-0.2, -0.15) is 0 Å². The van der Waals surface area contributed by atoms with Crippen molar-refractivity contribution in [3.8, 4) is 0 Å². The molecule has 1 heterocycles. The van der Waals surface area contributed by atoms with Crippen LogP contribution in [0.4, 0.5) is 0 Å². The largest absolute Gasteiger partial charge is 0.378 e. The van der Waals surface area contributed by atoms with Crippen molar-refractivity contribution in [2.75, 3.05) is 14.1 Å². The molecule has 0 fully saturated rings. The van der Waals surface area contributed by atoms with Crippen molar-refractivity contribution in [1.82, 2.24) is 9.88 Å². The quantitative estimate of drug-likeness (QED) is 0.704. The first-order valence-corrected chi connectivity index (χ1v) is 4.07. The van der Waals surface area contributed by atoms with Crippen molar-refractivity contribution in [3.63, 3.8) is 0 Å². The number of hydrogen-bond acceptors (Lipinski definition) is 2. The number of rotatable bonds is 2.